The molecule has 1 amide bonds. The van der Waals surface area contributed by atoms with Gasteiger partial charge in [0.15, 0.2) is 17.0 Å². The molecule has 1 aliphatic rings. The van der Waals surface area contributed by atoms with E-state index >= 15 is 0 Å². The number of fused-ring (bicyclic) bond motifs is 4. The Morgan fingerprint density at radius 1 is 1.00 bits per heavy atom. The maximum absolute atomic E-state index is 14.3. The highest BCUT2D eigenvalue weighted by atomic mass is 19.4. The third-order valence-electron chi connectivity index (χ3n) is 7.19. The molecule has 3 aromatic heterocycles. The lowest BCUT2D eigenvalue weighted by Gasteiger charge is -2.23. The van der Waals surface area contributed by atoms with Crippen LogP contribution in [0.2, 0.25) is 0 Å². The van der Waals surface area contributed by atoms with Crippen LogP contribution in [0.3, 0.4) is 0 Å². The van der Waals surface area contributed by atoms with Gasteiger partial charge in [-0.2, -0.15) is 23.4 Å². The Labute approximate surface area is 222 Å². The number of aromatic nitrogens is 5. The molecular formula is C29H25F3N6O. The fourth-order valence-electron chi connectivity index (χ4n) is 5.20. The highest BCUT2D eigenvalue weighted by Crippen LogP contribution is 2.40. The van der Waals surface area contributed by atoms with Crippen LogP contribution in [-0.4, -0.2) is 30.3 Å². The molecule has 0 spiro atoms. The second kappa shape index (κ2) is 9.07. The number of alkyl halides is 3. The van der Waals surface area contributed by atoms with E-state index in [9.17, 15) is 18.0 Å². The van der Waals surface area contributed by atoms with Gasteiger partial charge in [0.1, 0.15) is 0 Å². The molecule has 6 rings (SSSR count). The lowest BCUT2D eigenvalue weighted by Crippen LogP contribution is -2.21. The first kappa shape index (κ1) is 24.8. The molecule has 2 aromatic carbocycles. The predicted octanol–water partition coefficient (Wildman–Crippen LogP) is 5.94. The highest BCUT2D eigenvalue weighted by Gasteiger charge is 2.40. The van der Waals surface area contributed by atoms with Gasteiger partial charge < -0.3 is 5.32 Å². The molecule has 0 fully saturated rings. The average Bonchev–Trinajstić information content (AvgIpc) is 3.44. The van der Waals surface area contributed by atoms with Crippen LogP contribution in [0.5, 0.6) is 0 Å². The van der Waals surface area contributed by atoms with Crippen molar-refractivity contribution >= 4 is 17.2 Å². The van der Waals surface area contributed by atoms with Crippen molar-refractivity contribution in [1.82, 2.24) is 24.4 Å². The first-order valence-corrected chi connectivity index (χ1v) is 12.6. The summed E-state index contributed by atoms with van der Waals surface area (Å²) in [6.07, 6.45) is -4.02. The van der Waals surface area contributed by atoms with Gasteiger partial charge in [-0.3, -0.25) is 9.48 Å². The van der Waals surface area contributed by atoms with Crippen molar-refractivity contribution in [3.8, 4) is 11.3 Å². The summed E-state index contributed by atoms with van der Waals surface area (Å²) in [5.41, 5.74) is 4.94. The van der Waals surface area contributed by atoms with E-state index in [2.05, 4.69) is 20.5 Å². The summed E-state index contributed by atoms with van der Waals surface area (Å²) in [4.78, 5) is 17.8. The molecule has 198 valence electrons. The van der Waals surface area contributed by atoms with E-state index in [1.165, 1.54) is 6.07 Å². The van der Waals surface area contributed by atoms with Crippen LogP contribution < -0.4 is 5.32 Å². The molecule has 10 heteroatoms. The fraction of sp³-hybridized carbons (Fsp3) is 0.241. The highest BCUT2D eigenvalue weighted by molar-refractivity contribution is 6.04. The summed E-state index contributed by atoms with van der Waals surface area (Å²) in [6, 6.07) is 16.7. The van der Waals surface area contributed by atoms with Crippen molar-refractivity contribution in [3.05, 3.63) is 99.6 Å². The monoisotopic (exact) mass is 530 g/mol. The van der Waals surface area contributed by atoms with Crippen molar-refractivity contribution in [2.45, 2.75) is 46.3 Å². The van der Waals surface area contributed by atoms with E-state index in [-0.39, 0.29) is 29.0 Å². The second-order valence-corrected chi connectivity index (χ2v) is 9.89. The number of amides is 1. The zero-order valence-electron chi connectivity index (χ0n) is 21.6. The number of halogens is 3. The van der Waals surface area contributed by atoms with Gasteiger partial charge in [0.25, 0.3) is 5.91 Å². The third kappa shape index (κ3) is 4.35. The third-order valence-corrected chi connectivity index (χ3v) is 7.19. The molecule has 0 bridgehead atoms. The number of hydrogen-bond acceptors (Lipinski definition) is 4. The fourth-order valence-corrected chi connectivity index (χ4v) is 5.20. The Morgan fingerprint density at radius 3 is 2.49 bits per heavy atom. The number of hydrogen-bond donors (Lipinski definition) is 1. The van der Waals surface area contributed by atoms with Crippen LogP contribution in [0.15, 0.2) is 54.6 Å². The molecule has 5 aromatic rings. The molecule has 1 N–H and O–H groups in total. The molecule has 0 radical (unpaired) electrons. The summed E-state index contributed by atoms with van der Waals surface area (Å²) >= 11 is 0. The van der Waals surface area contributed by atoms with Crippen molar-refractivity contribution in [1.29, 1.82) is 0 Å². The molecule has 0 aliphatic heterocycles. The molecule has 0 saturated carbocycles. The van der Waals surface area contributed by atoms with Crippen LogP contribution in [0.25, 0.3) is 16.9 Å². The van der Waals surface area contributed by atoms with Gasteiger partial charge in [0.2, 0.25) is 0 Å². The molecule has 39 heavy (non-hydrogen) atoms. The zero-order valence-corrected chi connectivity index (χ0v) is 21.6. The Balaban J connectivity index is 1.37. The van der Waals surface area contributed by atoms with Gasteiger partial charge >= 0.3 is 6.18 Å². The number of carbonyl (C=O) groups excluding carboxylic acids is 1. The molecular weight excluding hydrogens is 505 g/mol. The van der Waals surface area contributed by atoms with Crippen LogP contribution in [-0.2, 0) is 25.6 Å². The number of benzene rings is 2. The smallest absolute Gasteiger partial charge is 0.317 e. The molecule has 0 unspecified atom stereocenters. The van der Waals surface area contributed by atoms with E-state index in [4.69, 9.17) is 0 Å². The average molecular weight is 531 g/mol. The number of nitrogens with one attached hydrogen (secondary N) is 1. The minimum absolute atomic E-state index is 0.0357. The summed E-state index contributed by atoms with van der Waals surface area (Å²) in [5.74, 6) is -0.631. The van der Waals surface area contributed by atoms with Crippen LogP contribution in [0.4, 0.5) is 18.9 Å². The van der Waals surface area contributed by atoms with Gasteiger partial charge in [-0.25, -0.2) is 9.50 Å². The Bertz CT molecular complexity index is 1750. The quantitative estimate of drug-likeness (QED) is 0.312. The van der Waals surface area contributed by atoms with E-state index in [0.717, 1.165) is 26.9 Å². The molecule has 0 atom stereocenters. The van der Waals surface area contributed by atoms with Crippen molar-refractivity contribution in [3.63, 3.8) is 0 Å². The van der Waals surface area contributed by atoms with Crippen LogP contribution >= 0.6 is 0 Å². The van der Waals surface area contributed by atoms with Gasteiger partial charge in [-0.15, -0.1) is 0 Å². The van der Waals surface area contributed by atoms with E-state index < -0.39 is 17.8 Å². The van der Waals surface area contributed by atoms with Crippen LogP contribution in [0, 0.1) is 20.8 Å². The number of anilines is 1. The normalized spacial score (nSPS) is 12.9. The SMILES string of the molecule is Cc1ccc(Cn2nc(C)c(NC(=O)c3cc4nc5c(c(C(F)(F)F)n4n3)CCc3ccccc3-5)c2C)cc1. The van der Waals surface area contributed by atoms with Gasteiger partial charge in [-0.1, -0.05) is 54.1 Å². The number of aryl methyl sites for hydroxylation is 3. The summed E-state index contributed by atoms with van der Waals surface area (Å²) in [7, 11) is 0. The lowest BCUT2D eigenvalue weighted by molar-refractivity contribution is -0.143. The Hall–Kier alpha value is -4.47. The minimum atomic E-state index is -4.68. The summed E-state index contributed by atoms with van der Waals surface area (Å²) in [5, 5.41) is 11.4. The maximum Gasteiger partial charge on any atom is 0.433 e. The van der Waals surface area contributed by atoms with E-state index in [1.807, 2.05) is 50.2 Å². The molecule has 1 aliphatic carbocycles. The largest absolute Gasteiger partial charge is 0.433 e. The minimum Gasteiger partial charge on any atom is -0.317 e. The second-order valence-electron chi connectivity index (χ2n) is 9.89. The van der Waals surface area contributed by atoms with E-state index in [1.54, 1.807) is 23.7 Å². The maximum atomic E-state index is 14.3. The molecule has 3 heterocycles. The van der Waals surface area contributed by atoms with Crippen molar-refractivity contribution < 1.29 is 18.0 Å². The van der Waals surface area contributed by atoms with E-state index in [0.29, 0.717) is 29.9 Å². The topological polar surface area (TPSA) is 77.1 Å². The number of carbonyl (C=O) groups is 1. The van der Waals surface area contributed by atoms with Crippen LogP contribution in [0.1, 0.15) is 49.8 Å². The lowest BCUT2D eigenvalue weighted by atomic mass is 9.88. The first-order chi connectivity index (χ1) is 18.6. The zero-order chi connectivity index (χ0) is 27.5. The predicted molar refractivity (Wildman–Crippen MR) is 141 cm³/mol. The summed E-state index contributed by atoms with van der Waals surface area (Å²) < 4.78 is 45.6. The molecule has 0 saturated heterocycles. The van der Waals surface area contributed by atoms with Gasteiger partial charge in [0, 0.05) is 17.2 Å². The van der Waals surface area contributed by atoms with Crippen molar-refractivity contribution in [2.24, 2.45) is 0 Å². The van der Waals surface area contributed by atoms with Gasteiger partial charge in [0.05, 0.1) is 29.3 Å². The van der Waals surface area contributed by atoms with Gasteiger partial charge in [-0.05, 0) is 44.7 Å². The number of nitrogens with zero attached hydrogens (tertiary/aromatic N) is 5. The summed E-state index contributed by atoms with van der Waals surface area (Å²) in [6.45, 7) is 6.14. The number of rotatable bonds is 4. The van der Waals surface area contributed by atoms with Crippen molar-refractivity contribution in [2.75, 3.05) is 5.32 Å². The standard InChI is InChI=1S/C29H25F3N6O/c1-16-8-10-19(11-9-16)15-37-18(3)25(17(2)35-37)34-28(39)23-14-24-33-26-21-7-5-4-6-20(21)12-13-22(26)27(29(30,31)32)38(24)36-23/h4-11,14H,12-13,15H2,1-3H3,(H,34,39). The first-order valence-electron chi connectivity index (χ1n) is 12.6. The molecule has 7 nitrogen and oxygen atoms in total. The Kier molecular flexibility index (Phi) is 5.78. The Morgan fingerprint density at radius 2 is 1.74 bits per heavy atom.